The van der Waals surface area contributed by atoms with Gasteiger partial charge in [-0.2, -0.15) is 0 Å². The van der Waals surface area contributed by atoms with Gasteiger partial charge in [0.15, 0.2) is 12.2 Å². The number of carbonyl (C=O) groups is 4. The quantitative estimate of drug-likeness (QED) is 0.0222. The van der Waals surface area contributed by atoms with Gasteiger partial charge in [-0.25, -0.2) is 9.13 Å². The van der Waals surface area contributed by atoms with E-state index in [2.05, 4.69) is 41.5 Å². The molecule has 0 aliphatic rings. The molecule has 0 aromatic rings. The van der Waals surface area contributed by atoms with Crippen molar-refractivity contribution in [2.45, 2.75) is 349 Å². The highest BCUT2D eigenvalue weighted by molar-refractivity contribution is 7.47. The molecule has 504 valence electrons. The minimum absolute atomic E-state index is 0.105. The highest BCUT2D eigenvalue weighted by Crippen LogP contribution is 2.45. The zero-order chi connectivity index (χ0) is 62.9. The lowest BCUT2D eigenvalue weighted by Gasteiger charge is -2.21. The van der Waals surface area contributed by atoms with Gasteiger partial charge in [0.05, 0.1) is 26.4 Å². The summed E-state index contributed by atoms with van der Waals surface area (Å²) in [6.45, 7) is 9.43. The molecule has 0 aromatic heterocycles. The molecular weight excluding hydrogens is 1130 g/mol. The third-order valence-corrected chi connectivity index (χ3v) is 17.5. The number of hydrogen-bond acceptors (Lipinski definition) is 15. The monoisotopic (exact) mass is 1250 g/mol. The Morgan fingerprint density at radius 2 is 0.600 bits per heavy atom. The summed E-state index contributed by atoms with van der Waals surface area (Å²) < 4.78 is 68.1. The molecule has 0 aliphatic heterocycles. The van der Waals surface area contributed by atoms with Crippen molar-refractivity contribution in [2.75, 3.05) is 39.6 Å². The second-order valence-corrected chi connectivity index (χ2v) is 27.5. The number of carbonyl (C=O) groups excluding carboxylic acids is 4. The summed E-state index contributed by atoms with van der Waals surface area (Å²) in [4.78, 5) is 72.3. The Kier molecular flexibility index (Phi) is 57.1. The standard InChI is InChI=1S/C66H128O17P2/c1-7-10-12-14-16-18-20-21-22-23-25-31-39-45-51-66(71)82-61(54-76-63(68)48-42-36-29-27-26-28-35-41-47-59(6)9-3)56-80-84(72,73)78-52-60(67)53-79-85(74,75)81-57-62(55-77-64(69)49-43-37-33-32-34-40-46-58(4)5)83-65(70)50-44-38-30-24-19-17-15-13-11-8-2/h58-62,67H,7-57H2,1-6H3,(H,72,73)(H,74,75)/t59?,60-,61-,62-/m1/s1. The van der Waals surface area contributed by atoms with Gasteiger partial charge in [-0.15, -0.1) is 0 Å². The van der Waals surface area contributed by atoms with E-state index in [-0.39, 0.29) is 25.7 Å². The van der Waals surface area contributed by atoms with E-state index in [9.17, 15) is 43.2 Å². The highest BCUT2D eigenvalue weighted by Gasteiger charge is 2.30. The molecule has 0 spiro atoms. The zero-order valence-corrected chi connectivity index (χ0v) is 56.7. The lowest BCUT2D eigenvalue weighted by Crippen LogP contribution is -2.30. The van der Waals surface area contributed by atoms with E-state index < -0.39 is 97.5 Å². The molecule has 3 N–H and O–H groups in total. The molecule has 19 heteroatoms. The second-order valence-electron chi connectivity index (χ2n) is 24.6. The Morgan fingerprint density at radius 3 is 0.894 bits per heavy atom. The first kappa shape index (κ1) is 83.1. The maximum Gasteiger partial charge on any atom is 0.472 e. The molecule has 0 saturated heterocycles. The largest absolute Gasteiger partial charge is 0.472 e. The first-order valence-corrected chi connectivity index (χ1v) is 37.5. The van der Waals surface area contributed by atoms with Crippen molar-refractivity contribution in [3.05, 3.63) is 0 Å². The van der Waals surface area contributed by atoms with E-state index in [1.807, 2.05) is 0 Å². The maximum absolute atomic E-state index is 13.0. The Labute approximate surface area is 517 Å². The topological polar surface area (TPSA) is 237 Å². The third kappa shape index (κ3) is 59.5. The van der Waals surface area contributed by atoms with Gasteiger partial charge in [-0.05, 0) is 37.5 Å². The van der Waals surface area contributed by atoms with Crippen LogP contribution in [0.25, 0.3) is 0 Å². The number of ether oxygens (including phenoxy) is 4. The molecule has 0 radical (unpaired) electrons. The number of phosphoric acid groups is 2. The Bertz CT molecular complexity index is 1670. The van der Waals surface area contributed by atoms with Gasteiger partial charge >= 0.3 is 39.5 Å². The van der Waals surface area contributed by atoms with Crippen molar-refractivity contribution in [1.29, 1.82) is 0 Å². The second kappa shape index (κ2) is 58.4. The predicted octanol–water partition coefficient (Wildman–Crippen LogP) is 18.4. The molecule has 0 amide bonds. The van der Waals surface area contributed by atoms with E-state index in [0.717, 1.165) is 102 Å². The molecule has 17 nitrogen and oxygen atoms in total. The Hall–Kier alpha value is -1.94. The molecule has 0 saturated carbocycles. The van der Waals surface area contributed by atoms with Crippen molar-refractivity contribution in [1.82, 2.24) is 0 Å². The van der Waals surface area contributed by atoms with Crippen LogP contribution in [0.3, 0.4) is 0 Å². The van der Waals surface area contributed by atoms with Crippen LogP contribution in [-0.4, -0.2) is 96.7 Å². The van der Waals surface area contributed by atoms with Gasteiger partial charge in [0, 0.05) is 25.7 Å². The lowest BCUT2D eigenvalue weighted by molar-refractivity contribution is -0.161. The minimum Gasteiger partial charge on any atom is -0.462 e. The molecule has 3 unspecified atom stereocenters. The summed E-state index contributed by atoms with van der Waals surface area (Å²) in [5, 5.41) is 10.5. The zero-order valence-electron chi connectivity index (χ0n) is 54.9. The molecule has 0 aromatic carbocycles. The number of rotatable bonds is 65. The number of aliphatic hydroxyl groups is 1. The number of phosphoric ester groups is 2. The van der Waals surface area contributed by atoms with Gasteiger partial charge in [-0.1, -0.05) is 279 Å². The Morgan fingerprint density at radius 1 is 0.341 bits per heavy atom. The fourth-order valence-electron chi connectivity index (χ4n) is 9.85. The first-order valence-electron chi connectivity index (χ1n) is 34.5. The summed E-state index contributed by atoms with van der Waals surface area (Å²) in [7, 11) is -9.89. The van der Waals surface area contributed by atoms with Crippen LogP contribution in [-0.2, 0) is 65.4 Å². The van der Waals surface area contributed by atoms with Crippen molar-refractivity contribution < 1.29 is 80.2 Å². The predicted molar refractivity (Wildman–Crippen MR) is 340 cm³/mol. The van der Waals surface area contributed by atoms with E-state index in [4.69, 9.17) is 37.0 Å². The number of esters is 4. The average Bonchev–Trinajstić information content (AvgIpc) is 3.55. The van der Waals surface area contributed by atoms with Crippen molar-refractivity contribution in [2.24, 2.45) is 11.8 Å². The lowest BCUT2D eigenvalue weighted by atomic mass is 9.99. The smallest absolute Gasteiger partial charge is 0.462 e. The molecule has 0 heterocycles. The fourth-order valence-corrected chi connectivity index (χ4v) is 11.4. The van der Waals surface area contributed by atoms with E-state index in [0.29, 0.717) is 31.6 Å². The van der Waals surface area contributed by atoms with Crippen molar-refractivity contribution in [3.8, 4) is 0 Å². The van der Waals surface area contributed by atoms with Crippen molar-refractivity contribution in [3.63, 3.8) is 0 Å². The summed E-state index contributed by atoms with van der Waals surface area (Å²) >= 11 is 0. The van der Waals surface area contributed by atoms with E-state index >= 15 is 0 Å². The minimum atomic E-state index is -4.95. The Balaban J connectivity index is 5.24. The summed E-state index contributed by atoms with van der Waals surface area (Å²) in [6, 6.07) is 0. The van der Waals surface area contributed by atoms with Gasteiger partial charge in [-0.3, -0.25) is 37.3 Å². The van der Waals surface area contributed by atoms with Crippen LogP contribution < -0.4 is 0 Å². The molecule has 6 atom stereocenters. The van der Waals surface area contributed by atoms with Crippen LogP contribution in [0.15, 0.2) is 0 Å². The number of unbranched alkanes of at least 4 members (excludes halogenated alkanes) is 34. The van der Waals surface area contributed by atoms with Crippen LogP contribution >= 0.6 is 15.6 Å². The summed E-state index contributed by atoms with van der Waals surface area (Å²) in [5.41, 5.74) is 0. The van der Waals surface area contributed by atoms with Gasteiger partial charge in [0.25, 0.3) is 0 Å². The van der Waals surface area contributed by atoms with Crippen LogP contribution in [0, 0.1) is 11.8 Å². The highest BCUT2D eigenvalue weighted by atomic mass is 31.2. The van der Waals surface area contributed by atoms with Crippen LogP contribution in [0.4, 0.5) is 0 Å². The molecule has 0 fully saturated rings. The molecular formula is C66H128O17P2. The SMILES string of the molecule is CCCCCCCCCCCCCCCCC(=O)O[C@H](COC(=O)CCCCCCCCCCC(C)CC)COP(=O)(O)OC[C@@H](O)COP(=O)(O)OC[C@@H](COC(=O)CCCCCCCCC(C)C)OC(=O)CCCCCCCCCCCC. The molecule has 0 bridgehead atoms. The van der Waals surface area contributed by atoms with Gasteiger partial charge in [0.2, 0.25) is 0 Å². The van der Waals surface area contributed by atoms with Gasteiger partial charge < -0.3 is 33.8 Å². The average molecular weight is 1260 g/mol. The van der Waals surface area contributed by atoms with Crippen LogP contribution in [0.5, 0.6) is 0 Å². The first-order chi connectivity index (χ1) is 40.9. The maximum atomic E-state index is 13.0. The van der Waals surface area contributed by atoms with Crippen LogP contribution in [0.2, 0.25) is 0 Å². The number of aliphatic hydroxyl groups excluding tert-OH is 1. The summed E-state index contributed by atoms with van der Waals surface area (Å²) in [6.07, 6.45) is 41.7. The van der Waals surface area contributed by atoms with E-state index in [1.165, 1.54) is 141 Å². The fraction of sp³-hybridized carbons (Fsp3) is 0.939. The van der Waals surface area contributed by atoms with Gasteiger partial charge in [0.1, 0.15) is 19.3 Å². The molecule has 85 heavy (non-hydrogen) atoms. The summed E-state index contributed by atoms with van der Waals surface area (Å²) in [5.74, 6) is -0.674. The van der Waals surface area contributed by atoms with Crippen molar-refractivity contribution >= 4 is 39.5 Å². The van der Waals surface area contributed by atoms with Crippen LogP contribution in [0.1, 0.15) is 330 Å². The third-order valence-electron chi connectivity index (χ3n) is 15.6. The molecule has 0 aliphatic carbocycles. The molecule has 0 rings (SSSR count). The normalized spacial score (nSPS) is 14.6. The number of hydrogen-bond donors (Lipinski definition) is 3. The van der Waals surface area contributed by atoms with E-state index in [1.54, 1.807) is 0 Å².